The van der Waals surface area contributed by atoms with Gasteiger partial charge in [0.05, 0.1) is 6.10 Å². The molecule has 0 aliphatic rings. The van der Waals surface area contributed by atoms with Crippen LogP contribution in [0.4, 0.5) is 0 Å². The van der Waals surface area contributed by atoms with Crippen molar-refractivity contribution in [3.63, 3.8) is 0 Å². The molecular weight excluding hydrogens is 174 g/mol. The lowest BCUT2D eigenvalue weighted by atomic mass is 9.93. The van der Waals surface area contributed by atoms with Crippen LogP contribution in [-0.2, 0) is 0 Å². The number of aliphatic hydroxyl groups excluding tert-OH is 1. The second kappa shape index (κ2) is 5.13. The highest BCUT2D eigenvalue weighted by Crippen LogP contribution is 2.20. The molecular formula is C12H19NO. The van der Waals surface area contributed by atoms with Crippen molar-refractivity contribution < 1.29 is 5.11 Å². The van der Waals surface area contributed by atoms with Crippen LogP contribution >= 0.6 is 0 Å². The molecule has 0 bridgehead atoms. The first-order chi connectivity index (χ1) is 6.61. The molecule has 1 aromatic carbocycles. The molecule has 1 aromatic rings. The highest BCUT2D eigenvalue weighted by molar-refractivity contribution is 5.18. The number of nitrogens with two attached hydrogens (primary N) is 1. The number of benzene rings is 1. The first-order valence-corrected chi connectivity index (χ1v) is 5.10. The van der Waals surface area contributed by atoms with E-state index in [9.17, 15) is 5.11 Å². The van der Waals surface area contributed by atoms with Crippen molar-refractivity contribution in [1.82, 2.24) is 0 Å². The Labute approximate surface area is 85.8 Å². The van der Waals surface area contributed by atoms with E-state index in [1.54, 1.807) is 0 Å². The Morgan fingerprint density at radius 2 is 1.79 bits per heavy atom. The summed E-state index contributed by atoms with van der Waals surface area (Å²) in [4.78, 5) is 0. The van der Waals surface area contributed by atoms with Gasteiger partial charge in [-0.2, -0.15) is 0 Å². The van der Waals surface area contributed by atoms with Crippen LogP contribution < -0.4 is 5.73 Å². The van der Waals surface area contributed by atoms with Crippen LogP contribution in [0.15, 0.2) is 30.3 Å². The molecule has 78 valence electrons. The van der Waals surface area contributed by atoms with Gasteiger partial charge in [0.15, 0.2) is 0 Å². The van der Waals surface area contributed by atoms with Crippen molar-refractivity contribution in [2.75, 3.05) is 0 Å². The van der Waals surface area contributed by atoms with Gasteiger partial charge in [0, 0.05) is 6.04 Å². The van der Waals surface area contributed by atoms with Gasteiger partial charge in [0.2, 0.25) is 0 Å². The van der Waals surface area contributed by atoms with Crippen molar-refractivity contribution in [2.45, 2.75) is 38.3 Å². The summed E-state index contributed by atoms with van der Waals surface area (Å²) in [5.74, 6) is 0.359. The average Bonchev–Trinajstić information content (AvgIpc) is 2.19. The summed E-state index contributed by atoms with van der Waals surface area (Å²) in [5, 5.41) is 9.63. The van der Waals surface area contributed by atoms with E-state index in [1.165, 1.54) is 5.56 Å². The Morgan fingerprint density at radius 1 is 1.21 bits per heavy atom. The SMILES string of the molecule is CC(CC(O)C(C)N)c1ccccc1. The van der Waals surface area contributed by atoms with Gasteiger partial charge in [0.1, 0.15) is 0 Å². The van der Waals surface area contributed by atoms with Crippen LogP contribution in [0, 0.1) is 0 Å². The van der Waals surface area contributed by atoms with Crippen molar-refractivity contribution >= 4 is 0 Å². The van der Waals surface area contributed by atoms with Crippen LogP contribution in [0.25, 0.3) is 0 Å². The Kier molecular flexibility index (Phi) is 4.11. The second-order valence-electron chi connectivity index (χ2n) is 3.97. The van der Waals surface area contributed by atoms with Crippen LogP contribution in [0.3, 0.4) is 0 Å². The smallest absolute Gasteiger partial charge is 0.0694 e. The molecule has 0 amide bonds. The van der Waals surface area contributed by atoms with Gasteiger partial charge in [0.25, 0.3) is 0 Å². The third kappa shape index (κ3) is 3.13. The molecule has 14 heavy (non-hydrogen) atoms. The highest BCUT2D eigenvalue weighted by Gasteiger charge is 2.14. The summed E-state index contributed by atoms with van der Waals surface area (Å²) in [6.07, 6.45) is 0.312. The molecule has 0 aliphatic carbocycles. The van der Waals surface area contributed by atoms with E-state index < -0.39 is 6.10 Å². The molecule has 3 unspecified atom stereocenters. The zero-order valence-electron chi connectivity index (χ0n) is 8.85. The maximum atomic E-state index is 9.63. The zero-order valence-corrected chi connectivity index (χ0v) is 8.85. The molecule has 0 aliphatic heterocycles. The minimum absolute atomic E-state index is 0.152. The molecule has 0 spiro atoms. The molecule has 0 fully saturated rings. The summed E-state index contributed by atoms with van der Waals surface area (Å²) in [7, 11) is 0. The first kappa shape index (κ1) is 11.2. The van der Waals surface area contributed by atoms with E-state index in [0.717, 1.165) is 6.42 Å². The number of aliphatic hydroxyl groups is 1. The Balaban J connectivity index is 2.55. The highest BCUT2D eigenvalue weighted by atomic mass is 16.3. The van der Waals surface area contributed by atoms with Crippen LogP contribution in [-0.4, -0.2) is 17.3 Å². The molecule has 0 heterocycles. The predicted octanol–water partition coefficient (Wildman–Crippen LogP) is 1.89. The molecule has 0 aromatic heterocycles. The van der Waals surface area contributed by atoms with Crippen LogP contribution in [0.5, 0.6) is 0 Å². The van der Waals surface area contributed by atoms with Crippen molar-refractivity contribution in [3.8, 4) is 0 Å². The minimum atomic E-state index is -0.412. The Bertz CT molecular complexity index is 258. The fourth-order valence-corrected chi connectivity index (χ4v) is 1.49. The quantitative estimate of drug-likeness (QED) is 0.767. The predicted molar refractivity (Wildman–Crippen MR) is 59.1 cm³/mol. The molecule has 0 saturated carbocycles. The maximum absolute atomic E-state index is 9.63. The average molecular weight is 193 g/mol. The van der Waals surface area contributed by atoms with Gasteiger partial charge in [-0.1, -0.05) is 37.3 Å². The van der Waals surface area contributed by atoms with E-state index >= 15 is 0 Å². The molecule has 3 N–H and O–H groups in total. The fourth-order valence-electron chi connectivity index (χ4n) is 1.49. The molecule has 3 atom stereocenters. The van der Waals surface area contributed by atoms with Crippen LogP contribution in [0.2, 0.25) is 0 Å². The minimum Gasteiger partial charge on any atom is -0.392 e. The van der Waals surface area contributed by atoms with E-state index in [4.69, 9.17) is 5.73 Å². The van der Waals surface area contributed by atoms with Crippen molar-refractivity contribution in [3.05, 3.63) is 35.9 Å². The van der Waals surface area contributed by atoms with Gasteiger partial charge in [-0.15, -0.1) is 0 Å². The third-order valence-corrected chi connectivity index (χ3v) is 2.57. The molecule has 0 saturated heterocycles. The van der Waals surface area contributed by atoms with E-state index in [1.807, 2.05) is 25.1 Å². The maximum Gasteiger partial charge on any atom is 0.0694 e. The zero-order chi connectivity index (χ0) is 10.6. The van der Waals surface area contributed by atoms with E-state index in [0.29, 0.717) is 5.92 Å². The van der Waals surface area contributed by atoms with Crippen molar-refractivity contribution in [2.24, 2.45) is 5.73 Å². The molecule has 0 radical (unpaired) electrons. The topological polar surface area (TPSA) is 46.2 Å². The standard InChI is InChI=1S/C12H19NO/c1-9(8-12(14)10(2)13)11-6-4-3-5-7-11/h3-7,9-10,12,14H,8,13H2,1-2H3. The monoisotopic (exact) mass is 193 g/mol. The summed E-state index contributed by atoms with van der Waals surface area (Å²) >= 11 is 0. The van der Waals surface area contributed by atoms with Gasteiger partial charge >= 0.3 is 0 Å². The summed E-state index contributed by atoms with van der Waals surface area (Å²) in [5.41, 5.74) is 6.87. The van der Waals surface area contributed by atoms with Gasteiger partial charge < -0.3 is 10.8 Å². The van der Waals surface area contributed by atoms with E-state index in [2.05, 4.69) is 19.1 Å². The fraction of sp³-hybridized carbons (Fsp3) is 0.500. The Morgan fingerprint density at radius 3 is 2.29 bits per heavy atom. The first-order valence-electron chi connectivity index (χ1n) is 5.10. The molecule has 1 rings (SSSR count). The number of hydrogen-bond donors (Lipinski definition) is 2. The largest absolute Gasteiger partial charge is 0.392 e. The normalized spacial score (nSPS) is 17.4. The number of rotatable bonds is 4. The van der Waals surface area contributed by atoms with Crippen LogP contribution in [0.1, 0.15) is 31.7 Å². The summed E-state index contributed by atoms with van der Waals surface area (Å²) in [6, 6.07) is 10.0. The van der Waals surface area contributed by atoms with Crippen molar-refractivity contribution in [1.29, 1.82) is 0 Å². The Hall–Kier alpha value is -0.860. The lowest BCUT2D eigenvalue weighted by Crippen LogP contribution is -2.32. The molecule has 2 nitrogen and oxygen atoms in total. The lowest BCUT2D eigenvalue weighted by Gasteiger charge is -2.19. The molecule has 2 heteroatoms. The van der Waals surface area contributed by atoms with Gasteiger partial charge in [-0.3, -0.25) is 0 Å². The summed E-state index contributed by atoms with van der Waals surface area (Å²) in [6.45, 7) is 3.95. The lowest BCUT2D eigenvalue weighted by molar-refractivity contribution is 0.134. The second-order valence-corrected chi connectivity index (χ2v) is 3.97. The summed E-state index contributed by atoms with van der Waals surface area (Å²) < 4.78 is 0. The number of hydrogen-bond acceptors (Lipinski definition) is 2. The van der Waals surface area contributed by atoms with Gasteiger partial charge in [-0.05, 0) is 24.8 Å². The van der Waals surface area contributed by atoms with Gasteiger partial charge in [-0.25, -0.2) is 0 Å². The third-order valence-electron chi connectivity index (χ3n) is 2.57. The van der Waals surface area contributed by atoms with E-state index in [-0.39, 0.29) is 6.04 Å².